The van der Waals surface area contributed by atoms with Crippen LogP contribution in [0.2, 0.25) is 0 Å². The summed E-state index contributed by atoms with van der Waals surface area (Å²) in [5.74, 6) is 0.624. The molecule has 0 N–H and O–H groups in total. The van der Waals surface area contributed by atoms with Crippen LogP contribution >= 0.6 is 11.5 Å². The Balaban J connectivity index is 1.95. The van der Waals surface area contributed by atoms with Gasteiger partial charge in [-0.15, -0.1) is 0 Å². The molecule has 18 heavy (non-hydrogen) atoms. The Morgan fingerprint density at radius 1 is 1.67 bits per heavy atom. The van der Waals surface area contributed by atoms with Gasteiger partial charge >= 0.3 is 5.97 Å². The molecule has 1 atom stereocenters. The molecule has 1 aromatic heterocycles. The van der Waals surface area contributed by atoms with Crippen LogP contribution in [-0.2, 0) is 20.7 Å². The van der Waals surface area contributed by atoms with E-state index < -0.39 is 0 Å². The number of ether oxygens (including phenoxy) is 2. The summed E-state index contributed by atoms with van der Waals surface area (Å²) in [7, 11) is 1.39. The van der Waals surface area contributed by atoms with Gasteiger partial charge in [0.15, 0.2) is 0 Å². The number of esters is 1. The minimum absolute atomic E-state index is 0.125. The zero-order valence-corrected chi connectivity index (χ0v) is 11.4. The van der Waals surface area contributed by atoms with E-state index in [0.717, 1.165) is 23.9 Å². The highest BCUT2D eigenvalue weighted by atomic mass is 32.1. The van der Waals surface area contributed by atoms with Gasteiger partial charge in [0.1, 0.15) is 5.82 Å². The fraction of sp³-hybridized carbons (Fsp3) is 0.727. The van der Waals surface area contributed by atoms with Crippen LogP contribution in [0.1, 0.15) is 19.2 Å². The van der Waals surface area contributed by atoms with Crippen molar-refractivity contribution in [1.82, 2.24) is 9.36 Å². The Bertz CT molecular complexity index is 410. The topological polar surface area (TPSA) is 64.6 Å². The van der Waals surface area contributed by atoms with Crippen LogP contribution < -0.4 is 4.90 Å². The van der Waals surface area contributed by atoms with Crippen molar-refractivity contribution in [2.45, 2.75) is 25.9 Å². The molecular weight excluding hydrogens is 254 g/mol. The van der Waals surface area contributed by atoms with E-state index in [9.17, 15) is 4.79 Å². The number of carbonyl (C=O) groups excluding carboxylic acids is 1. The molecule has 1 aliphatic heterocycles. The molecule has 7 heteroatoms. The van der Waals surface area contributed by atoms with Crippen LogP contribution in [0.5, 0.6) is 0 Å². The van der Waals surface area contributed by atoms with Crippen LogP contribution in [0.4, 0.5) is 5.13 Å². The van der Waals surface area contributed by atoms with E-state index in [0.29, 0.717) is 13.2 Å². The maximum absolute atomic E-state index is 11.2. The van der Waals surface area contributed by atoms with Gasteiger partial charge in [-0.25, -0.2) is 4.98 Å². The summed E-state index contributed by atoms with van der Waals surface area (Å²) in [6, 6.07) is 0. The molecule has 1 saturated heterocycles. The minimum atomic E-state index is -0.242. The van der Waals surface area contributed by atoms with E-state index in [4.69, 9.17) is 4.74 Å². The van der Waals surface area contributed by atoms with Crippen molar-refractivity contribution in [2.75, 3.05) is 31.7 Å². The average molecular weight is 271 g/mol. The minimum Gasteiger partial charge on any atom is -0.469 e. The maximum Gasteiger partial charge on any atom is 0.308 e. The third kappa shape index (κ3) is 3.17. The van der Waals surface area contributed by atoms with E-state index in [2.05, 4.69) is 19.0 Å². The van der Waals surface area contributed by atoms with Crippen molar-refractivity contribution in [3.63, 3.8) is 0 Å². The van der Waals surface area contributed by atoms with E-state index in [1.165, 1.54) is 18.6 Å². The second-order valence-electron chi connectivity index (χ2n) is 4.07. The van der Waals surface area contributed by atoms with Gasteiger partial charge in [0.05, 0.1) is 26.2 Å². The molecule has 0 aromatic carbocycles. The van der Waals surface area contributed by atoms with Gasteiger partial charge in [-0.05, 0) is 0 Å². The Morgan fingerprint density at radius 3 is 3.17 bits per heavy atom. The quantitative estimate of drug-likeness (QED) is 0.757. The molecule has 1 aromatic rings. The van der Waals surface area contributed by atoms with Crippen LogP contribution in [0.15, 0.2) is 0 Å². The van der Waals surface area contributed by atoms with Gasteiger partial charge in [0.25, 0.3) is 0 Å². The number of rotatable bonds is 4. The summed E-state index contributed by atoms with van der Waals surface area (Å²) in [6.07, 6.45) is 0.999. The summed E-state index contributed by atoms with van der Waals surface area (Å²) in [5.41, 5.74) is 0. The summed E-state index contributed by atoms with van der Waals surface area (Å²) >= 11 is 1.40. The highest BCUT2D eigenvalue weighted by Crippen LogP contribution is 2.21. The molecular formula is C11H17N3O3S. The molecule has 0 aliphatic carbocycles. The largest absolute Gasteiger partial charge is 0.469 e. The number of morpholine rings is 1. The van der Waals surface area contributed by atoms with E-state index in [1.54, 1.807) is 0 Å². The first-order valence-electron chi connectivity index (χ1n) is 5.99. The molecule has 0 amide bonds. The molecule has 0 spiro atoms. The first kappa shape index (κ1) is 13.2. The van der Waals surface area contributed by atoms with Gasteiger partial charge in [-0.3, -0.25) is 4.79 Å². The molecule has 2 heterocycles. The number of methoxy groups -OCH3 is 1. The zero-order chi connectivity index (χ0) is 13.0. The monoisotopic (exact) mass is 271 g/mol. The van der Waals surface area contributed by atoms with Crippen LogP contribution in [0.25, 0.3) is 0 Å². The molecule has 6 nitrogen and oxygen atoms in total. The standard InChI is InChI=1S/C11H17N3O3S/c1-3-9-12-11(18-13-9)14-4-5-17-8(7-14)6-10(15)16-2/h8H,3-7H2,1-2H3. The normalized spacial score (nSPS) is 19.9. The fourth-order valence-corrected chi connectivity index (χ4v) is 2.59. The van der Waals surface area contributed by atoms with Gasteiger partial charge < -0.3 is 14.4 Å². The van der Waals surface area contributed by atoms with Crippen molar-refractivity contribution in [3.05, 3.63) is 5.82 Å². The number of aromatic nitrogens is 2. The molecule has 100 valence electrons. The highest BCUT2D eigenvalue weighted by molar-refractivity contribution is 7.09. The lowest BCUT2D eigenvalue weighted by Gasteiger charge is -2.31. The van der Waals surface area contributed by atoms with Gasteiger partial charge in [-0.2, -0.15) is 4.37 Å². The Labute approximate surface area is 110 Å². The van der Waals surface area contributed by atoms with Crippen LogP contribution in [0, 0.1) is 0 Å². The van der Waals surface area contributed by atoms with E-state index in [-0.39, 0.29) is 18.5 Å². The molecule has 0 saturated carbocycles. The SMILES string of the molecule is CCc1nsc(N2CCOC(CC(=O)OC)C2)n1. The van der Waals surface area contributed by atoms with Crippen molar-refractivity contribution < 1.29 is 14.3 Å². The predicted octanol–water partition coefficient (Wildman–Crippen LogP) is 0.869. The number of anilines is 1. The van der Waals surface area contributed by atoms with Gasteiger partial charge in [0.2, 0.25) is 5.13 Å². The summed E-state index contributed by atoms with van der Waals surface area (Å²) in [5, 5.41) is 0.907. The van der Waals surface area contributed by atoms with Crippen molar-refractivity contribution in [2.24, 2.45) is 0 Å². The van der Waals surface area contributed by atoms with Crippen LogP contribution in [0.3, 0.4) is 0 Å². The first-order valence-corrected chi connectivity index (χ1v) is 6.76. The number of carbonyl (C=O) groups is 1. The zero-order valence-electron chi connectivity index (χ0n) is 10.6. The van der Waals surface area contributed by atoms with E-state index in [1.807, 2.05) is 6.92 Å². The van der Waals surface area contributed by atoms with Gasteiger partial charge in [-0.1, -0.05) is 6.92 Å². The van der Waals surface area contributed by atoms with E-state index >= 15 is 0 Å². The Morgan fingerprint density at radius 2 is 2.50 bits per heavy atom. The van der Waals surface area contributed by atoms with Crippen LogP contribution in [-0.4, -0.2) is 48.2 Å². The number of hydrogen-bond donors (Lipinski definition) is 0. The summed E-state index contributed by atoms with van der Waals surface area (Å²) in [4.78, 5) is 17.8. The second-order valence-corrected chi connectivity index (χ2v) is 4.80. The lowest BCUT2D eigenvalue weighted by atomic mass is 10.2. The first-order chi connectivity index (χ1) is 8.72. The predicted molar refractivity (Wildman–Crippen MR) is 67.9 cm³/mol. The molecule has 1 aliphatic rings. The lowest BCUT2D eigenvalue weighted by Crippen LogP contribution is -2.43. The van der Waals surface area contributed by atoms with Crippen molar-refractivity contribution in [1.29, 1.82) is 0 Å². The van der Waals surface area contributed by atoms with Crippen molar-refractivity contribution >= 4 is 22.6 Å². The molecule has 1 unspecified atom stereocenters. The summed E-state index contributed by atoms with van der Waals surface area (Å²) < 4.78 is 14.5. The third-order valence-corrected chi connectivity index (χ3v) is 3.62. The third-order valence-electron chi connectivity index (χ3n) is 2.80. The Kier molecular flexibility index (Phi) is 4.48. The fourth-order valence-electron chi connectivity index (χ4n) is 1.80. The molecule has 1 fully saturated rings. The second kappa shape index (κ2) is 6.10. The average Bonchev–Trinajstić information content (AvgIpc) is 2.87. The molecule has 0 radical (unpaired) electrons. The smallest absolute Gasteiger partial charge is 0.308 e. The summed E-state index contributed by atoms with van der Waals surface area (Å²) in [6.45, 7) is 4.08. The molecule has 2 rings (SSSR count). The number of nitrogens with zero attached hydrogens (tertiary/aromatic N) is 3. The highest BCUT2D eigenvalue weighted by Gasteiger charge is 2.25. The maximum atomic E-state index is 11.2. The Hall–Kier alpha value is -1.21. The number of aryl methyl sites for hydroxylation is 1. The lowest BCUT2D eigenvalue weighted by molar-refractivity contribution is -0.144. The molecule has 0 bridgehead atoms. The van der Waals surface area contributed by atoms with Crippen molar-refractivity contribution in [3.8, 4) is 0 Å². The number of hydrogen-bond acceptors (Lipinski definition) is 7. The van der Waals surface area contributed by atoms with Gasteiger partial charge in [0, 0.05) is 31.0 Å².